The Balaban J connectivity index is 1.62. The lowest BCUT2D eigenvalue weighted by molar-refractivity contribution is -0.140. The van der Waals surface area contributed by atoms with E-state index in [0.29, 0.717) is 11.4 Å². The lowest BCUT2D eigenvalue weighted by atomic mass is 10.3. The van der Waals surface area contributed by atoms with Crippen molar-refractivity contribution in [3.05, 3.63) is 28.7 Å². The molecule has 0 aromatic carbocycles. The number of thiazole rings is 2. The fourth-order valence-corrected chi connectivity index (χ4v) is 4.18. The van der Waals surface area contributed by atoms with Gasteiger partial charge in [-0.2, -0.15) is 13.2 Å². The van der Waals surface area contributed by atoms with Gasteiger partial charge >= 0.3 is 6.18 Å². The molecule has 1 saturated heterocycles. The summed E-state index contributed by atoms with van der Waals surface area (Å²) in [6.45, 7) is 2.00. The first-order chi connectivity index (χ1) is 12.0. The minimum absolute atomic E-state index is 0.143. The molecule has 0 saturated carbocycles. The molecule has 25 heavy (non-hydrogen) atoms. The maximum Gasteiger partial charge on any atom is 0.434 e. The molecule has 4 rings (SSSR count). The Hall–Kier alpha value is -2.07. The van der Waals surface area contributed by atoms with E-state index in [1.807, 2.05) is 5.38 Å². The van der Waals surface area contributed by atoms with Gasteiger partial charge in [-0.25, -0.2) is 19.9 Å². The monoisotopic (exact) mass is 383 g/mol. The van der Waals surface area contributed by atoms with Crippen LogP contribution in [0.1, 0.15) is 18.5 Å². The van der Waals surface area contributed by atoms with Crippen molar-refractivity contribution >= 4 is 27.8 Å². The molecule has 0 N–H and O–H groups in total. The van der Waals surface area contributed by atoms with Crippen molar-refractivity contribution in [1.82, 2.24) is 19.9 Å². The van der Waals surface area contributed by atoms with E-state index in [-0.39, 0.29) is 10.8 Å². The summed E-state index contributed by atoms with van der Waals surface area (Å²) in [5, 5.41) is 3.97. The molecule has 1 aliphatic rings. The maximum atomic E-state index is 12.7. The first-order valence-electron chi connectivity index (χ1n) is 7.58. The summed E-state index contributed by atoms with van der Waals surface area (Å²) in [5.74, 6) is 0.175. The third-order valence-electron chi connectivity index (χ3n) is 3.77. The average Bonchev–Trinajstić information content (AvgIpc) is 3.33. The Kier molecular flexibility index (Phi) is 4.16. The Morgan fingerprint density at radius 1 is 0.960 bits per heavy atom. The number of anilines is 1. The van der Waals surface area contributed by atoms with Gasteiger partial charge in [0, 0.05) is 30.0 Å². The first kappa shape index (κ1) is 16.4. The Morgan fingerprint density at radius 3 is 2.48 bits per heavy atom. The summed E-state index contributed by atoms with van der Waals surface area (Å²) in [5.41, 5.74) is 0.352. The van der Waals surface area contributed by atoms with Gasteiger partial charge in [0.15, 0.2) is 21.7 Å². The minimum atomic E-state index is -4.47. The Labute approximate surface area is 149 Å². The third kappa shape index (κ3) is 3.36. The second-order valence-corrected chi connectivity index (χ2v) is 7.21. The number of nitrogens with zero attached hydrogens (tertiary/aromatic N) is 5. The van der Waals surface area contributed by atoms with Crippen LogP contribution in [0.2, 0.25) is 0 Å². The van der Waals surface area contributed by atoms with Crippen LogP contribution in [-0.2, 0) is 6.18 Å². The quantitative estimate of drug-likeness (QED) is 0.673. The highest BCUT2D eigenvalue weighted by molar-refractivity contribution is 7.14. The third-order valence-corrected chi connectivity index (χ3v) is 5.51. The molecule has 0 bridgehead atoms. The highest BCUT2D eigenvalue weighted by Crippen LogP contribution is 2.33. The summed E-state index contributed by atoms with van der Waals surface area (Å²) in [4.78, 5) is 18.8. The molecule has 0 amide bonds. The van der Waals surface area contributed by atoms with Gasteiger partial charge < -0.3 is 4.90 Å². The first-order valence-corrected chi connectivity index (χ1v) is 9.33. The highest BCUT2D eigenvalue weighted by atomic mass is 32.1. The number of alkyl halides is 3. The summed E-state index contributed by atoms with van der Waals surface area (Å²) >= 11 is 2.42. The van der Waals surface area contributed by atoms with Gasteiger partial charge in [-0.3, -0.25) is 0 Å². The van der Waals surface area contributed by atoms with Crippen LogP contribution in [-0.4, -0.2) is 33.0 Å². The molecule has 0 unspecified atom stereocenters. The lowest BCUT2D eigenvalue weighted by Gasteiger charge is -2.12. The topological polar surface area (TPSA) is 54.8 Å². The predicted molar refractivity (Wildman–Crippen MR) is 90.7 cm³/mol. The SMILES string of the molecule is FC(F)(F)c1csc(-c2nccc(-c3csc(N4CCCC4)n3)n2)n1. The number of halogens is 3. The van der Waals surface area contributed by atoms with Crippen LogP contribution >= 0.6 is 22.7 Å². The lowest BCUT2D eigenvalue weighted by Crippen LogP contribution is -2.17. The molecule has 3 aromatic rings. The molecule has 3 aromatic heterocycles. The van der Waals surface area contributed by atoms with E-state index < -0.39 is 11.9 Å². The van der Waals surface area contributed by atoms with Crippen molar-refractivity contribution in [2.24, 2.45) is 0 Å². The van der Waals surface area contributed by atoms with Crippen LogP contribution in [0.4, 0.5) is 18.3 Å². The summed E-state index contributed by atoms with van der Waals surface area (Å²) in [6.07, 6.45) is -0.622. The highest BCUT2D eigenvalue weighted by Gasteiger charge is 2.34. The van der Waals surface area contributed by atoms with Gasteiger partial charge in [0.2, 0.25) is 0 Å². The zero-order valence-electron chi connectivity index (χ0n) is 12.8. The Morgan fingerprint density at radius 2 is 1.76 bits per heavy atom. The van der Waals surface area contributed by atoms with E-state index >= 15 is 0 Å². The molecule has 1 fully saturated rings. The van der Waals surface area contributed by atoms with Crippen molar-refractivity contribution in [3.8, 4) is 22.2 Å². The van der Waals surface area contributed by atoms with Gasteiger partial charge in [-0.1, -0.05) is 0 Å². The van der Waals surface area contributed by atoms with Crippen molar-refractivity contribution in [3.63, 3.8) is 0 Å². The van der Waals surface area contributed by atoms with Crippen molar-refractivity contribution in [1.29, 1.82) is 0 Å². The fourth-order valence-electron chi connectivity index (χ4n) is 2.55. The molecular weight excluding hydrogens is 371 g/mol. The van der Waals surface area contributed by atoms with Crippen LogP contribution in [0.15, 0.2) is 23.0 Å². The van der Waals surface area contributed by atoms with Gasteiger partial charge in [0.25, 0.3) is 0 Å². The largest absolute Gasteiger partial charge is 0.434 e. The van der Waals surface area contributed by atoms with Gasteiger partial charge in [-0.05, 0) is 18.9 Å². The van der Waals surface area contributed by atoms with Crippen LogP contribution in [0, 0.1) is 0 Å². The molecule has 130 valence electrons. The summed E-state index contributed by atoms with van der Waals surface area (Å²) in [7, 11) is 0. The Bertz CT molecular complexity index is 883. The van der Waals surface area contributed by atoms with E-state index in [9.17, 15) is 13.2 Å². The van der Waals surface area contributed by atoms with Crippen LogP contribution in [0.3, 0.4) is 0 Å². The van der Waals surface area contributed by atoms with Crippen molar-refractivity contribution in [2.45, 2.75) is 19.0 Å². The normalized spacial score (nSPS) is 15.1. The molecule has 10 heteroatoms. The standard InChI is InChI=1S/C15H12F3N5S2/c16-15(17,18)11-8-24-13(22-11)12-19-4-3-9(20-12)10-7-25-14(21-10)23-5-1-2-6-23/h3-4,7-8H,1-2,5-6H2. The predicted octanol–water partition coefficient (Wildman–Crippen LogP) is 4.34. The van der Waals surface area contributed by atoms with E-state index in [1.54, 1.807) is 17.4 Å². The number of hydrogen-bond donors (Lipinski definition) is 0. The van der Waals surface area contributed by atoms with Crippen LogP contribution in [0.25, 0.3) is 22.2 Å². The average molecular weight is 383 g/mol. The maximum absolute atomic E-state index is 12.7. The summed E-state index contributed by atoms with van der Waals surface area (Å²) in [6, 6.07) is 1.70. The zero-order valence-corrected chi connectivity index (χ0v) is 14.5. The number of aromatic nitrogens is 4. The van der Waals surface area contributed by atoms with Crippen molar-refractivity contribution < 1.29 is 13.2 Å². The van der Waals surface area contributed by atoms with Gasteiger partial charge in [0.1, 0.15) is 5.69 Å². The number of rotatable bonds is 3. The second kappa shape index (κ2) is 6.34. The van der Waals surface area contributed by atoms with Gasteiger partial charge in [-0.15, -0.1) is 22.7 Å². The molecule has 0 radical (unpaired) electrons. The van der Waals surface area contributed by atoms with Gasteiger partial charge in [0.05, 0.1) is 5.69 Å². The molecule has 4 heterocycles. The molecule has 1 aliphatic heterocycles. The molecule has 0 spiro atoms. The fraction of sp³-hybridized carbons (Fsp3) is 0.333. The van der Waals surface area contributed by atoms with E-state index in [4.69, 9.17) is 0 Å². The number of hydrogen-bond acceptors (Lipinski definition) is 7. The van der Waals surface area contributed by atoms with E-state index in [1.165, 1.54) is 6.20 Å². The van der Waals surface area contributed by atoms with E-state index in [0.717, 1.165) is 47.8 Å². The molecular formula is C15H12F3N5S2. The van der Waals surface area contributed by atoms with Crippen LogP contribution in [0.5, 0.6) is 0 Å². The smallest absolute Gasteiger partial charge is 0.348 e. The minimum Gasteiger partial charge on any atom is -0.348 e. The van der Waals surface area contributed by atoms with Crippen LogP contribution < -0.4 is 4.90 Å². The second-order valence-electron chi connectivity index (χ2n) is 5.51. The summed E-state index contributed by atoms with van der Waals surface area (Å²) < 4.78 is 38.1. The molecule has 5 nitrogen and oxygen atoms in total. The van der Waals surface area contributed by atoms with E-state index in [2.05, 4.69) is 24.8 Å². The molecule has 0 atom stereocenters. The van der Waals surface area contributed by atoms with Crippen molar-refractivity contribution in [2.75, 3.05) is 18.0 Å². The zero-order chi connectivity index (χ0) is 17.4. The molecule has 0 aliphatic carbocycles.